The van der Waals surface area contributed by atoms with Crippen LogP contribution in [0, 0.1) is 0 Å². The molecule has 0 radical (unpaired) electrons. The van der Waals surface area contributed by atoms with Crippen LogP contribution in [0.25, 0.3) is 0 Å². The van der Waals surface area contributed by atoms with E-state index in [0.29, 0.717) is 29.1 Å². The number of anilines is 1. The van der Waals surface area contributed by atoms with Gasteiger partial charge in [0.1, 0.15) is 5.54 Å². The van der Waals surface area contributed by atoms with Crippen LogP contribution in [0.4, 0.5) is 5.69 Å². The van der Waals surface area contributed by atoms with Crippen molar-refractivity contribution in [2.24, 2.45) is 0 Å². The quantitative estimate of drug-likeness (QED) is 0.689. The molecule has 150 valence electrons. The molecule has 9 heteroatoms. The van der Waals surface area contributed by atoms with Gasteiger partial charge in [-0.2, -0.15) is 5.10 Å². The molecule has 4 rings (SSSR count). The van der Waals surface area contributed by atoms with E-state index in [-0.39, 0.29) is 30.3 Å². The summed E-state index contributed by atoms with van der Waals surface area (Å²) in [5.74, 6) is -0.342. The molecule has 2 fully saturated rings. The zero-order chi connectivity index (χ0) is 18.9. The maximum Gasteiger partial charge on any atom is 0.253 e. The highest BCUT2D eigenvalue weighted by Crippen LogP contribution is 2.30. The Kier molecular flexibility index (Phi) is 6.27. The zero-order valence-electron chi connectivity index (χ0n) is 15.3. The zero-order valence-corrected chi connectivity index (χ0v) is 16.9. The molecule has 2 aliphatic rings. The SMILES string of the molecule is Cl.O=C(NC1CC1)c1cc(NC(=O)C2(n3cccn3)CCNCC2)ccc1Cl. The average Bonchev–Trinajstić information content (AvgIpc) is 3.31. The van der Waals surface area contributed by atoms with E-state index in [9.17, 15) is 9.59 Å². The lowest BCUT2D eigenvalue weighted by atomic mass is 9.87. The highest BCUT2D eigenvalue weighted by atomic mass is 35.5. The number of benzene rings is 1. The molecule has 1 aliphatic heterocycles. The predicted molar refractivity (Wildman–Crippen MR) is 110 cm³/mol. The van der Waals surface area contributed by atoms with Gasteiger partial charge >= 0.3 is 0 Å². The summed E-state index contributed by atoms with van der Waals surface area (Å²) in [6, 6.07) is 7.05. The number of halogens is 2. The Hall–Kier alpha value is -2.09. The van der Waals surface area contributed by atoms with E-state index >= 15 is 0 Å². The lowest BCUT2D eigenvalue weighted by Gasteiger charge is -2.36. The Bertz CT molecular complexity index is 846. The molecule has 1 aromatic heterocycles. The predicted octanol–water partition coefficient (Wildman–Crippen LogP) is 2.57. The number of nitrogens with zero attached hydrogens (tertiary/aromatic N) is 2. The van der Waals surface area contributed by atoms with Gasteiger partial charge < -0.3 is 16.0 Å². The van der Waals surface area contributed by atoms with Crippen LogP contribution in [0.15, 0.2) is 36.7 Å². The van der Waals surface area contributed by atoms with E-state index in [0.717, 1.165) is 25.9 Å². The minimum Gasteiger partial charge on any atom is -0.349 e. The van der Waals surface area contributed by atoms with Crippen molar-refractivity contribution in [1.29, 1.82) is 0 Å². The van der Waals surface area contributed by atoms with Gasteiger partial charge in [0.25, 0.3) is 11.8 Å². The maximum atomic E-state index is 13.2. The second-order valence-electron chi connectivity index (χ2n) is 7.13. The molecule has 7 nitrogen and oxygen atoms in total. The Labute approximate surface area is 174 Å². The molecule has 2 heterocycles. The van der Waals surface area contributed by atoms with Gasteiger partial charge in [-0.3, -0.25) is 14.3 Å². The molecule has 0 spiro atoms. The van der Waals surface area contributed by atoms with E-state index in [2.05, 4.69) is 21.0 Å². The Morgan fingerprint density at radius 1 is 1.25 bits per heavy atom. The second-order valence-corrected chi connectivity index (χ2v) is 7.54. The summed E-state index contributed by atoms with van der Waals surface area (Å²) in [4.78, 5) is 25.6. The van der Waals surface area contributed by atoms with Gasteiger partial charge in [0.15, 0.2) is 0 Å². The summed E-state index contributed by atoms with van der Waals surface area (Å²) in [6.07, 6.45) is 6.79. The molecule has 1 saturated heterocycles. The van der Waals surface area contributed by atoms with Crippen molar-refractivity contribution in [1.82, 2.24) is 20.4 Å². The Balaban J connectivity index is 0.00000225. The smallest absolute Gasteiger partial charge is 0.253 e. The standard InChI is InChI=1S/C19H22ClN5O2.ClH/c20-16-5-4-14(12-15(16)17(26)23-13-2-3-13)24-18(27)19(6-9-21-10-7-19)25-11-1-8-22-25;/h1,4-5,8,11-13,21H,2-3,6-7,9-10H2,(H,23,26)(H,24,27);1H. The van der Waals surface area contributed by atoms with Gasteiger partial charge in [0, 0.05) is 24.1 Å². The number of piperidine rings is 1. The van der Waals surface area contributed by atoms with Crippen molar-refractivity contribution in [2.45, 2.75) is 37.3 Å². The van der Waals surface area contributed by atoms with Crippen LogP contribution in [0.1, 0.15) is 36.0 Å². The molecule has 1 saturated carbocycles. The molecular weight excluding hydrogens is 401 g/mol. The first-order valence-corrected chi connectivity index (χ1v) is 9.59. The van der Waals surface area contributed by atoms with Crippen LogP contribution in [-0.4, -0.2) is 40.7 Å². The number of hydrogen-bond donors (Lipinski definition) is 3. The topological polar surface area (TPSA) is 88.1 Å². The third-order valence-electron chi connectivity index (χ3n) is 5.18. The summed E-state index contributed by atoms with van der Waals surface area (Å²) in [5.41, 5.74) is 0.181. The van der Waals surface area contributed by atoms with E-state index < -0.39 is 5.54 Å². The molecule has 2 aromatic rings. The molecule has 1 aliphatic carbocycles. The van der Waals surface area contributed by atoms with Crippen molar-refractivity contribution in [3.8, 4) is 0 Å². The van der Waals surface area contributed by atoms with Crippen molar-refractivity contribution in [2.75, 3.05) is 18.4 Å². The normalized spacial score (nSPS) is 18.0. The lowest BCUT2D eigenvalue weighted by molar-refractivity contribution is -0.126. The number of rotatable bonds is 5. The molecule has 0 atom stereocenters. The molecule has 2 amide bonds. The van der Waals surface area contributed by atoms with Crippen molar-refractivity contribution in [3.05, 3.63) is 47.2 Å². The summed E-state index contributed by atoms with van der Waals surface area (Å²) in [7, 11) is 0. The second kappa shape index (κ2) is 8.51. The monoisotopic (exact) mass is 423 g/mol. The number of carbonyl (C=O) groups excluding carboxylic acids is 2. The maximum absolute atomic E-state index is 13.2. The molecule has 0 bridgehead atoms. The van der Waals surface area contributed by atoms with E-state index in [1.165, 1.54) is 0 Å². The minimum absolute atomic E-state index is 0. The minimum atomic E-state index is -0.745. The fraction of sp³-hybridized carbons (Fsp3) is 0.421. The molecule has 1 aromatic carbocycles. The van der Waals surface area contributed by atoms with Crippen LogP contribution in [0.5, 0.6) is 0 Å². The number of amides is 2. The van der Waals surface area contributed by atoms with Crippen LogP contribution >= 0.6 is 24.0 Å². The molecule has 3 N–H and O–H groups in total. The molecule has 0 unspecified atom stereocenters. The fourth-order valence-electron chi connectivity index (χ4n) is 3.44. The van der Waals surface area contributed by atoms with Crippen LogP contribution < -0.4 is 16.0 Å². The first-order chi connectivity index (χ1) is 13.1. The van der Waals surface area contributed by atoms with Crippen molar-refractivity contribution >= 4 is 41.5 Å². The van der Waals surface area contributed by atoms with Gasteiger partial charge in [0.05, 0.1) is 10.6 Å². The summed E-state index contributed by atoms with van der Waals surface area (Å²) < 4.78 is 1.74. The van der Waals surface area contributed by atoms with Gasteiger partial charge in [-0.05, 0) is 63.0 Å². The Morgan fingerprint density at radius 3 is 2.64 bits per heavy atom. The highest BCUT2D eigenvalue weighted by Gasteiger charge is 2.42. The van der Waals surface area contributed by atoms with E-state index in [4.69, 9.17) is 11.6 Å². The van der Waals surface area contributed by atoms with Crippen LogP contribution in [0.2, 0.25) is 5.02 Å². The van der Waals surface area contributed by atoms with Gasteiger partial charge in [-0.1, -0.05) is 11.6 Å². The average molecular weight is 424 g/mol. The van der Waals surface area contributed by atoms with Crippen molar-refractivity contribution < 1.29 is 9.59 Å². The molecule has 28 heavy (non-hydrogen) atoms. The third-order valence-corrected chi connectivity index (χ3v) is 5.51. The lowest BCUT2D eigenvalue weighted by Crippen LogP contribution is -2.52. The largest absolute Gasteiger partial charge is 0.349 e. The van der Waals surface area contributed by atoms with Crippen LogP contribution in [-0.2, 0) is 10.3 Å². The highest BCUT2D eigenvalue weighted by molar-refractivity contribution is 6.34. The number of nitrogens with one attached hydrogen (secondary N) is 3. The summed E-state index contributed by atoms with van der Waals surface area (Å²) in [6.45, 7) is 1.48. The van der Waals surface area contributed by atoms with Gasteiger partial charge in [0.2, 0.25) is 0 Å². The van der Waals surface area contributed by atoms with Gasteiger partial charge in [-0.15, -0.1) is 12.4 Å². The number of aromatic nitrogens is 2. The first-order valence-electron chi connectivity index (χ1n) is 9.21. The number of carbonyl (C=O) groups is 2. The van der Waals surface area contributed by atoms with E-state index in [1.54, 1.807) is 29.1 Å². The number of hydrogen-bond acceptors (Lipinski definition) is 4. The van der Waals surface area contributed by atoms with E-state index in [1.807, 2.05) is 12.3 Å². The van der Waals surface area contributed by atoms with Crippen LogP contribution in [0.3, 0.4) is 0 Å². The fourth-order valence-corrected chi connectivity index (χ4v) is 3.64. The first kappa shape index (κ1) is 20.6. The summed E-state index contributed by atoms with van der Waals surface area (Å²) >= 11 is 6.19. The summed E-state index contributed by atoms with van der Waals surface area (Å²) in [5, 5.41) is 13.9. The molecular formula is C19H23Cl2N5O2. The van der Waals surface area contributed by atoms with Crippen molar-refractivity contribution in [3.63, 3.8) is 0 Å². The Morgan fingerprint density at radius 2 is 2.00 bits per heavy atom. The third kappa shape index (κ3) is 4.16. The van der Waals surface area contributed by atoms with Gasteiger partial charge in [-0.25, -0.2) is 0 Å².